The molecule has 17 heavy (non-hydrogen) atoms. The first kappa shape index (κ1) is 12.9. The maximum atomic E-state index is 11.4. The van der Waals surface area contributed by atoms with Crippen LogP contribution in [0.25, 0.3) is 0 Å². The molecule has 7 heteroatoms. The summed E-state index contributed by atoms with van der Waals surface area (Å²) in [5.74, 6) is -2.95. The van der Waals surface area contributed by atoms with Gasteiger partial charge in [-0.1, -0.05) is 13.0 Å². The Bertz CT molecular complexity index is 426. The molecule has 1 aliphatic rings. The van der Waals surface area contributed by atoms with Gasteiger partial charge in [-0.05, 0) is 6.42 Å². The Balaban J connectivity index is 2.83. The third-order valence-corrected chi connectivity index (χ3v) is 2.43. The predicted octanol–water partition coefficient (Wildman–Crippen LogP) is -0.172. The van der Waals surface area contributed by atoms with E-state index in [0.29, 0.717) is 9.80 Å². The highest BCUT2D eigenvalue weighted by Gasteiger charge is 2.41. The molecule has 0 aromatic heterocycles. The van der Waals surface area contributed by atoms with Gasteiger partial charge in [0.05, 0.1) is 0 Å². The second-order valence-corrected chi connectivity index (χ2v) is 3.45. The maximum Gasteiger partial charge on any atom is 0.334 e. The predicted molar refractivity (Wildman–Crippen MR) is 55.9 cm³/mol. The molecule has 1 fully saturated rings. The topological polar surface area (TPSA) is 95.0 Å². The molecule has 0 saturated carbocycles. The minimum atomic E-state index is -1.11. The van der Waals surface area contributed by atoms with Gasteiger partial charge in [0.25, 0.3) is 0 Å². The molecule has 0 aliphatic carbocycles. The van der Waals surface area contributed by atoms with E-state index in [4.69, 9.17) is 5.11 Å². The molecule has 0 radical (unpaired) electrons. The van der Waals surface area contributed by atoms with Gasteiger partial charge < -0.3 is 5.11 Å². The number of likely N-dealkylation sites (N-methyl/N-ethyl adjacent to an activating group) is 1. The van der Waals surface area contributed by atoms with Gasteiger partial charge in [0.2, 0.25) is 0 Å². The van der Waals surface area contributed by atoms with Crippen LogP contribution >= 0.6 is 0 Å². The van der Waals surface area contributed by atoms with Crippen molar-refractivity contribution in [1.82, 2.24) is 9.80 Å². The van der Waals surface area contributed by atoms with Crippen molar-refractivity contribution >= 4 is 23.8 Å². The highest BCUT2D eigenvalue weighted by molar-refractivity contribution is 6.44. The van der Waals surface area contributed by atoms with Crippen molar-refractivity contribution in [2.75, 3.05) is 13.6 Å². The number of rotatable bonds is 4. The molecule has 0 spiro atoms. The number of nitrogens with zero attached hydrogens (tertiary/aromatic N) is 2. The minimum absolute atomic E-state index is 0.0904. The summed E-state index contributed by atoms with van der Waals surface area (Å²) < 4.78 is 0. The third kappa shape index (κ3) is 2.32. The second kappa shape index (κ2) is 4.77. The van der Waals surface area contributed by atoms with E-state index in [-0.39, 0.29) is 18.5 Å². The summed E-state index contributed by atoms with van der Waals surface area (Å²) in [6, 6.07) is -0.739. The number of carboxylic acids is 1. The normalized spacial score (nSPS) is 17.1. The van der Waals surface area contributed by atoms with Gasteiger partial charge in [-0.2, -0.15) is 0 Å². The zero-order valence-electron chi connectivity index (χ0n) is 9.47. The lowest BCUT2D eigenvalue weighted by molar-refractivity contribution is -0.142. The molecule has 1 N–H and O–H groups in total. The number of imide groups is 2. The summed E-state index contributed by atoms with van der Waals surface area (Å²) in [4.78, 5) is 46.0. The number of hydrogen-bond donors (Lipinski definition) is 1. The molecule has 4 amide bonds. The van der Waals surface area contributed by atoms with E-state index in [1.807, 2.05) is 0 Å². The first-order chi connectivity index (χ1) is 7.90. The Morgan fingerprint density at radius 3 is 2.24 bits per heavy atom. The van der Waals surface area contributed by atoms with Crippen molar-refractivity contribution in [2.45, 2.75) is 13.3 Å². The molecule has 0 unspecified atom stereocenters. The number of carbonyl (C=O) groups is 4. The molecular formula is C10H12N2O5. The molecule has 1 aliphatic heterocycles. The van der Waals surface area contributed by atoms with Gasteiger partial charge in [-0.25, -0.2) is 9.59 Å². The van der Waals surface area contributed by atoms with E-state index in [0.717, 1.165) is 0 Å². The fourth-order valence-electron chi connectivity index (χ4n) is 1.36. The molecule has 1 rings (SSSR count). The monoisotopic (exact) mass is 240 g/mol. The molecule has 0 atom stereocenters. The summed E-state index contributed by atoms with van der Waals surface area (Å²) in [7, 11) is 1.20. The van der Waals surface area contributed by atoms with E-state index < -0.39 is 23.8 Å². The van der Waals surface area contributed by atoms with Crippen LogP contribution in [-0.2, 0) is 14.4 Å². The van der Waals surface area contributed by atoms with Gasteiger partial charge in [-0.3, -0.25) is 19.4 Å². The SMILES string of the molecule is CCC(=CCN1C(=O)C(=O)N(C)C1=O)C(=O)O. The number of amides is 4. The molecule has 0 bridgehead atoms. The molecule has 1 heterocycles. The van der Waals surface area contributed by atoms with E-state index in [1.54, 1.807) is 6.92 Å². The summed E-state index contributed by atoms with van der Waals surface area (Å²) in [5.41, 5.74) is 0.0904. The maximum absolute atomic E-state index is 11.4. The van der Waals surface area contributed by atoms with E-state index in [2.05, 4.69) is 0 Å². The van der Waals surface area contributed by atoms with Crippen molar-refractivity contribution in [3.8, 4) is 0 Å². The van der Waals surface area contributed by atoms with Gasteiger partial charge in [0, 0.05) is 19.2 Å². The lowest BCUT2D eigenvalue weighted by Crippen LogP contribution is -2.32. The minimum Gasteiger partial charge on any atom is -0.478 e. The van der Waals surface area contributed by atoms with Crippen molar-refractivity contribution in [3.05, 3.63) is 11.6 Å². The summed E-state index contributed by atoms with van der Waals surface area (Å²) in [5, 5.41) is 8.75. The van der Waals surface area contributed by atoms with Crippen molar-refractivity contribution in [3.63, 3.8) is 0 Å². The van der Waals surface area contributed by atoms with Crippen LogP contribution in [0.1, 0.15) is 13.3 Å². The van der Waals surface area contributed by atoms with Crippen molar-refractivity contribution in [2.24, 2.45) is 0 Å². The summed E-state index contributed by atoms with van der Waals surface area (Å²) >= 11 is 0. The summed E-state index contributed by atoms with van der Waals surface area (Å²) in [6.07, 6.45) is 1.53. The zero-order valence-corrected chi connectivity index (χ0v) is 9.47. The lowest BCUT2D eigenvalue weighted by Gasteiger charge is -2.10. The van der Waals surface area contributed by atoms with Gasteiger partial charge in [-0.15, -0.1) is 0 Å². The van der Waals surface area contributed by atoms with E-state index in [9.17, 15) is 19.2 Å². The average Bonchev–Trinajstić information content (AvgIpc) is 2.46. The fraction of sp³-hybridized carbons (Fsp3) is 0.400. The van der Waals surface area contributed by atoms with Crippen LogP contribution in [0.3, 0.4) is 0 Å². The van der Waals surface area contributed by atoms with Crippen LogP contribution in [-0.4, -0.2) is 52.3 Å². The Hall–Kier alpha value is -2.18. The van der Waals surface area contributed by atoms with Crippen LogP contribution in [0.2, 0.25) is 0 Å². The molecule has 0 aromatic rings. The fourth-order valence-corrected chi connectivity index (χ4v) is 1.36. The Morgan fingerprint density at radius 1 is 1.29 bits per heavy atom. The highest BCUT2D eigenvalue weighted by atomic mass is 16.4. The number of hydrogen-bond acceptors (Lipinski definition) is 4. The van der Waals surface area contributed by atoms with Crippen LogP contribution in [0.4, 0.5) is 4.79 Å². The van der Waals surface area contributed by atoms with E-state index >= 15 is 0 Å². The van der Waals surface area contributed by atoms with Gasteiger partial charge >= 0.3 is 23.8 Å². The van der Waals surface area contributed by atoms with Crippen LogP contribution in [0.5, 0.6) is 0 Å². The smallest absolute Gasteiger partial charge is 0.334 e. The molecule has 92 valence electrons. The first-order valence-electron chi connectivity index (χ1n) is 4.96. The lowest BCUT2D eigenvalue weighted by atomic mass is 10.2. The largest absolute Gasteiger partial charge is 0.478 e. The number of urea groups is 1. The molecule has 1 saturated heterocycles. The number of aliphatic carboxylic acids is 1. The number of carboxylic acid groups (broad SMARTS) is 1. The van der Waals surface area contributed by atoms with Crippen LogP contribution < -0.4 is 0 Å². The molecular weight excluding hydrogens is 228 g/mol. The zero-order chi connectivity index (χ0) is 13.2. The first-order valence-corrected chi connectivity index (χ1v) is 4.96. The van der Waals surface area contributed by atoms with E-state index in [1.165, 1.54) is 13.1 Å². The van der Waals surface area contributed by atoms with Gasteiger partial charge in [0.1, 0.15) is 0 Å². The van der Waals surface area contributed by atoms with Crippen molar-refractivity contribution < 1.29 is 24.3 Å². The molecule has 7 nitrogen and oxygen atoms in total. The standard InChI is InChI=1S/C10H12N2O5/c1-3-6(9(15)16)4-5-12-8(14)7(13)11(2)10(12)17/h4H,3,5H2,1-2H3,(H,15,16). The quantitative estimate of drug-likeness (QED) is 0.418. The van der Waals surface area contributed by atoms with Crippen LogP contribution in [0, 0.1) is 0 Å². The Labute approximate surface area is 97.3 Å². The Morgan fingerprint density at radius 2 is 1.88 bits per heavy atom. The van der Waals surface area contributed by atoms with Gasteiger partial charge in [0.15, 0.2) is 0 Å². The Kier molecular flexibility index (Phi) is 3.62. The summed E-state index contributed by atoms with van der Waals surface area (Å²) in [6.45, 7) is 1.44. The van der Waals surface area contributed by atoms with Crippen molar-refractivity contribution in [1.29, 1.82) is 0 Å². The highest BCUT2D eigenvalue weighted by Crippen LogP contribution is 2.10. The van der Waals surface area contributed by atoms with Crippen LogP contribution in [0.15, 0.2) is 11.6 Å². The second-order valence-electron chi connectivity index (χ2n) is 3.45. The number of carbonyl (C=O) groups excluding carboxylic acids is 3. The third-order valence-electron chi connectivity index (χ3n) is 2.43. The average molecular weight is 240 g/mol. The molecule has 0 aromatic carbocycles.